The molecule has 0 saturated carbocycles. The van der Waals surface area contributed by atoms with Crippen molar-refractivity contribution in [2.75, 3.05) is 19.6 Å². The Kier molecular flexibility index (Phi) is 3.24. The normalized spacial score (nSPS) is 19.4. The fraction of sp³-hybridized carbons (Fsp3) is 0.615. The molecule has 0 aromatic carbocycles. The van der Waals surface area contributed by atoms with Gasteiger partial charge in [-0.25, -0.2) is 0 Å². The predicted octanol–water partition coefficient (Wildman–Crippen LogP) is 1.67. The third kappa shape index (κ3) is 2.52. The molecule has 1 fully saturated rings. The molecule has 0 spiro atoms. The molecule has 0 atom stereocenters. The van der Waals surface area contributed by atoms with Crippen LogP contribution >= 0.6 is 0 Å². The van der Waals surface area contributed by atoms with Gasteiger partial charge in [-0.05, 0) is 19.9 Å². The summed E-state index contributed by atoms with van der Waals surface area (Å²) in [5, 5.41) is 3.40. The number of piperazine rings is 1. The summed E-state index contributed by atoms with van der Waals surface area (Å²) in [6.45, 7) is 8.57. The number of hydrogen-bond donors (Lipinski definition) is 1. The summed E-state index contributed by atoms with van der Waals surface area (Å²) in [7, 11) is 0. The van der Waals surface area contributed by atoms with E-state index in [-0.39, 0.29) is 11.4 Å². The van der Waals surface area contributed by atoms with Crippen LogP contribution in [0.1, 0.15) is 36.9 Å². The summed E-state index contributed by atoms with van der Waals surface area (Å²) in [5.41, 5.74) is 0.703. The van der Waals surface area contributed by atoms with Crippen molar-refractivity contribution in [3.63, 3.8) is 0 Å². The monoisotopic (exact) mass is 236 g/mol. The van der Waals surface area contributed by atoms with E-state index in [0.29, 0.717) is 5.56 Å². The summed E-state index contributed by atoms with van der Waals surface area (Å²) in [6.07, 6.45) is 2.35. The molecule has 2 heterocycles. The molecule has 1 N–H and O–H groups in total. The Hall–Kier alpha value is -1.29. The third-order valence-corrected chi connectivity index (χ3v) is 3.16. The maximum absolute atomic E-state index is 12.4. The van der Waals surface area contributed by atoms with E-state index < -0.39 is 0 Å². The minimum absolute atomic E-state index is 0.00990. The zero-order valence-electron chi connectivity index (χ0n) is 10.7. The van der Waals surface area contributed by atoms with Gasteiger partial charge >= 0.3 is 0 Å². The second-order valence-corrected chi connectivity index (χ2v) is 5.15. The van der Waals surface area contributed by atoms with Gasteiger partial charge in [0, 0.05) is 31.6 Å². The highest BCUT2D eigenvalue weighted by molar-refractivity contribution is 5.95. The zero-order valence-corrected chi connectivity index (χ0v) is 10.7. The van der Waals surface area contributed by atoms with E-state index in [0.717, 1.165) is 31.8 Å². The summed E-state index contributed by atoms with van der Waals surface area (Å²) in [5.74, 6) is 0.872. The molecule has 1 amide bonds. The molecule has 17 heavy (non-hydrogen) atoms. The van der Waals surface area contributed by atoms with Crippen molar-refractivity contribution in [3.8, 4) is 0 Å². The standard InChI is InChI=1S/C13H20N2O2/c1-4-11-10(5-8-17-11)12(16)15-7-6-14-13(2,3)9-15/h5,8,14H,4,6-7,9H2,1-3H3. The number of nitrogens with zero attached hydrogens (tertiary/aromatic N) is 1. The molecule has 4 heteroatoms. The largest absolute Gasteiger partial charge is 0.469 e. The number of carbonyl (C=O) groups excluding carboxylic acids is 1. The van der Waals surface area contributed by atoms with Crippen LogP contribution in [-0.2, 0) is 6.42 Å². The lowest BCUT2D eigenvalue weighted by Crippen LogP contribution is -2.58. The third-order valence-electron chi connectivity index (χ3n) is 3.16. The van der Waals surface area contributed by atoms with Crippen LogP contribution in [0.5, 0.6) is 0 Å². The van der Waals surface area contributed by atoms with E-state index in [1.807, 2.05) is 11.8 Å². The van der Waals surface area contributed by atoms with Crippen LogP contribution in [0.3, 0.4) is 0 Å². The lowest BCUT2D eigenvalue weighted by atomic mass is 10.0. The number of nitrogens with one attached hydrogen (secondary N) is 1. The molecular formula is C13H20N2O2. The SMILES string of the molecule is CCc1occc1C(=O)N1CCNC(C)(C)C1. The van der Waals surface area contributed by atoms with E-state index in [1.54, 1.807) is 12.3 Å². The van der Waals surface area contributed by atoms with Crippen molar-refractivity contribution in [2.24, 2.45) is 0 Å². The molecule has 1 aliphatic rings. The average Bonchev–Trinajstić information content (AvgIpc) is 2.74. The van der Waals surface area contributed by atoms with Gasteiger partial charge in [-0.2, -0.15) is 0 Å². The lowest BCUT2D eigenvalue weighted by molar-refractivity contribution is 0.0650. The maximum atomic E-state index is 12.4. The highest BCUT2D eigenvalue weighted by atomic mass is 16.3. The van der Waals surface area contributed by atoms with Crippen LogP contribution in [-0.4, -0.2) is 36.0 Å². The first-order valence-electron chi connectivity index (χ1n) is 6.14. The van der Waals surface area contributed by atoms with Gasteiger partial charge in [0.15, 0.2) is 0 Å². The number of furan rings is 1. The minimum Gasteiger partial charge on any atom is -0.469 e. The van der Waals surface area contributed by atoms with Crippen molar-refractivity contribution in [2.45, 2.75) is 32.7 Å². The van der Waals surface area contributed by atoms with Crippen LogP contribution < -0.4 is 5.32 Å². The molecule has 2 rings (SSSR count). The maximum Gasteiger partial charge on any atom is 0.257 e. The van der Waals surface area contributed by atoms with Gasteiger partial charge in [-0.1, -0.05) is 6.92 Å². The van der Waals surface area contributed by atoms with Crippen LogP contribution in [0.25, 0.3) is 0 Å². The van der Waals surface area contributed by atoms with Crippen molar-refractivity contribution in [1.29, 1.82) is 0 Å². The summed E-state index contributed by atoms with van der Waals surface area (Å²) >= 11 is 0. The molecule has 1 aliphatic heterocycles. The second-order valence-electron chi connectivity index (χ2n) is 5.15. The van der Waals surface area contributed by atoms with Crippen LogP contribution in [0.15, 0.2) is 16.7 Å². The first-order valence-corrected chi connectivity index (χ1v) is 6.14. The fourth-order valence-corrected chi connectivity index (χ4v) is 2.29. The molecule has 1 aromatic rings. The Balaban J connectivity index is 2.15. The van der Waals surface area contributed by atoms with Gasteiger partial charge < -0.3 is 14.6 Å². The van der Waals surface area contributed by atoms with Crippen molar-refractivity contribution in [1.82, 2.24) is 10.2 Å². The van der Waals surface area contributed by atoms with Crippen molar-refractivity contribution < 1.29 is 9.21 Å². The highest BCUT2D eigenvalue weighted by Crippen LogP contribution is 2.17. The second kappa shape index (κ2) is 4.53. The minimum atomic E-state index is -0.00990. The van der Waals surface area contributed by atoms with Gasteiger partial charge in [-0.3, -0.25) is 4.79 Å². The molecule has 0 aliphatic carbocycles. The summed E-state index contributed by atoms with van der Waals surface area (Å²) < 4.78 is 5.31. The highest BCUT2D eigenvalue weighted by Gasteiger charge is 2.30. The summed E-state index contributed by atoms with van der Waals surface area (Å²) in [4.78, 5) is 14.3. The molecule has 4 nitrogen and oxygen atoms in total. The Bertz CT molecular complexity index is 409. The molecular weight excluding hydrogens is 216 g/mol. The topological polar surface area (TPSA) is 45.5 Å². The van der Waals surface area contributed by atoms with E-state index in [4.69, 9.17) is 4.42 Å². The van der Waals surface area contributed by atoms with Crippen LogP contribution in [0.4, 0.5) is 0 Å². The van der Waals surface area contributed by atoms with E-state index >= 15 is 0 Å². The number of aryl methyl sites for hydroxylation is 1. The van der Waals surface area contributed by atoms with Crippen molar-refractivity contribution >= 4 is 5.91 Å². The van der Waals surface area contributed by atoms with Gasteiger partial charge in [0.25, 0.3) is 5.91 Å². The number of rotatable bonds is 2. The molecule has 1 saturated heterocycles. The quantitative estimate of drug-likeness (QED) is 0.849. The van der Waals surface area contributed by atoms with E-state index in [1.165, 1.54) is 0 Å². The van der Waals surface area contributed by atoms with Crippen LogP contribution in [0, 0.1) is 0 Å². The number of hydrogen-bond acceptors (Lipinski definition) is 3. The van der Waals surface area contributed by atoms with E-state index in [2.05, 4.69) is 19.2 Å². The van der Waals surface area contributed by atoms with E-state index in [9.17, 15) is 4.79 Å². The zero-order chi connectivity index (χ0) is 12.5. The Morgan fingerprint density at radius 1 is 1.59 bits per heavy atom. The van der Waals surface area contributed by atoms with Gasteiger partial charge in [-0.15, -0.1) is 0 Å². The first-order chi connectivity index (χ1) is 8.03. The Morgan fingerprint density at radius 2 is 2.35 bits per heavy atom. The van der Waals surface area contributed by atoms with Gasteiger partial charge in [0.05, 0.1) is 11.8 Å². The van der Waals surface area contributed by atoms with Gasteiger partial charge in [0.1, 0.15) is 5.76 Å². The Morgan fingerprint density at radius 3 is 3.00 bits per heavy atom. The van der Waals surface area contributed by atoms with Crippen LogP contribution in [0.2, 0.25) is 0 Å². The van der Waals surface area contributed by atoms with Crippen molar-refractivity contribution in [3.05, 3.63) is 23.7 Å². The molecule has 0 bridgehead atoms. The first kappa shape index (κ1) is 12.2. The smallest absolute Gasteiger partial charge is 0.257 e. The fourth-order valence-electron chi connectivity index (χ4n) is 2.29. The molecule has 94 valence electrons. The Labute approximate surface area is 102 Å². The predicted molar refractivity (Wildman–Crippen MR) is 66.1 cm³/mol. The average molecular weight is 236 g/mol. The summed E-state index contributed by atoms with van der Waals surface area (Å²) in [6, 6.07) is 1.77. The number of carbonyl (C=O) groups is 1. The number of amides is 1. The van der Waals surface area contributed by atoms with Gasteiger partial charge in [0.2, 0.25) is 0 Å². The molecule has 0 radical (unpaired) electrons. The lowest BCUT2D eigenvalue weighted by Gasteiger charge is -2.39. The molecule has 0 unspecified atom stereocenters. The molecule has 1 aromatic heterocycles.